The van der Waals surface area contributed by atoms with E-state index in [9.17, 15) is 8.42 Å². The number of sulfonamides is 1. The molecule has 2 heterocycles. The van der Waals surface area contributed by atoms with Crippen LogP contribution in [0.5, 0.6) is 0 Å². The van der Waals surface area contributed by atoms with E-state index in [1.165, 1.54) is 0 Å². The molecule has 5 aromatic rings. The van der Waals surface area contributed by atoms with Crippen molar-refractivity contribution < 1.29 is 8.42 Å². The van der Waals surface area contributed by atoms with Gasteiger partial charge in [-0.1, -0.05) is 54.6 Å². The Bertz CT molecular complexity index is 1600. The van der Waals surface area contributed by atoms with Gasteiger partial charge in [0.2, 0.25) is 10.0 Å². The van der Waals surface area contributed by atoms with Gasteiger partial charge in [-0.3, -0.25) is 4.99 Å². The van der Waals surface area contributed by atoms with Gasteiger partial charge in [0, 0.05) is 36.4 Å². The predicted molar refractivity (Wildman–Crippen MR) is 129 cm³/mol. The molecule has 2 aromatic heterocycles. The number of hydrogen-bond donors (Lipinski definition) is 2. The summed E-state index contributed by atoms with van der Waals surface area (Å²) in [6, 6.07) is 24.9. The van der Waals surface area contributed by atoms with Crippen LogP contribution in [-0.4, -0.2) is 31.1 Å². The van der Waals surface area contributed by atoms with Crippen molar-refractivity contribution in [2.75, 3.05) is 13.1 Å². The normalized spacial score (nSPS) is 12.8. The fourth-order valence-electron chi connectivity index (χ4n) is 4.16. The van der Waals surface area contributed by atoms with Crippen molar-refractivity contribution in [2.45, 2.75) is 11.3 Å². The Kier molecular flexibility index (Phi) is 5.28. The number of aromatic nitrogens is 2. The van der Waals surface area contributed by atoms with Crippen molar-refractivity contribution >= 4 is 42.9 Å². The van der Waals surface area contributed by atoms with Gasteiger partial charge >= 0.3 is 0 Å². The SMILES string of the molecule is Cn1c2ccccc2c(=NCCCNS(=O)(=O)c2ccccc2)c2c3ccccc3[nH]c21. The van der Waals surface area contributed by atoms with Gasteiger partial charge in [-0.2, -0.15) is 0 Å². The first kappa shape index (κ1) is 20.5. The summed E-state index contributed by atoms with van der Waals surface area (Å²) in [4.78, 5) is 8.76. The van der Waals surface area contributed by atoms with Gasteiger partial charge in [0.05, 0.1) is 21.2 Å². The fraction of sp³-hybridized carbons (Fsp3) is 0.160. The summed E-state index contributed by atoms with van der Waals surface area (Å²) in [5, 5.41) is 4.24. The molecule has 0 radical (unpaired) electrons. The van der Waals surface area contributed by atoms with Crippen LogP contribution in [0.4, 0.5) is 0 Å². The van der Waals surface area contributed by atoms with Crippen LogP contribution in [0, 0.1) is 0 Å². The first-order valence-electron chi connectivity index (χ1n) is 10.6. The van der Waals surface area contributed by atoms with Gasteiger partial charge < -0.3 is 9.55 Å². The Balaban J connectivity index is 1.50. The number of rotatable bonds is 6. The molecule has 0 aliphatic carbocycles. The first-order chi connectivity index (χ1) is 15.6. The number of aryl methyl sites for hydroxylation is 1. The molecule has 0 saturated carbocycles. The van der Waals surface area contributed by atoms with Crippen LogP contribution >= 0.6 is 0 Å². The number of hydrogen-bond acceptors (Lipinski definition) is 3. The smallest absolute Gasteiger partial charge is 0.240 e. The fourth-order valence-corrected chi connectivity index (χ4v) is 5.26. The van der Waals surface area contributed by atoms with Crippen molar-refractivity contribution in [1.82, 2.24) is 14.3 Å². The summed E-state index contributed by atoms with van der Waals surface area (Å²) in [7, 11) is -1.44. The highest BCUT2D eigenvalue weighted by molar-refractivity contribution is 7.89. The molecule has 0 amide bonds. The molecule has 0 fully saturated rings. The monoisotopic (exact) mass is 444 g/mol. The molecule has 0 unspecified atom stereocenters. The van der Waals surface area contributed by atoms with Gasteiger partial charge in [-0.05, 0) is 30.7 Å². The van der Waals surface area contributed by atoms with E-state index in [1.54, 1.807) is 30.3 Å². The third-order valence-electron chi connectivity index (χ3n) is 5.73. The Hall–Kier alpha value is -3.42. The molecule has 0 aliphatic rings. The standard InChI is InChI=1S/C25H24N4O2S/c1-29-22-15-8-6-13-20(22)24(23-19-12-5-7-14-21(19)28-25(23)29)26-16-9-17-27-32(30,31)18-10-3-2-4-11-18/h2-8,10-15,27-28H,9,16-17H2,1H3. The van der Waals surface area contributed by atoms with Crippen LogP contribution in [0.1, 0.15) is 6.42 Å². The number of pyridine rings is 1. The van der Waals surface area contributed by atoms with E-state index in [0.717, 1.165) is 38.2 Å². The average Bonchev–Trinajstić information content (AvgIpc) is 3.21. The van der Waals surface area contributed by atoms with Gasteiger partial charge in [-0.25, -0.2) is 13.1 Å². The Labute approximate surface area is 186 Å². The number of benzene rings is 3. The minimum atomic E-state index is -3.50. The number of aromatic amines is 1. The molecule has 0 bridgehead atoms. The van der Waals surface area contributed by atoms with Crippen molar-refractivity contribution in [1.29, 1.82) is 0 Å². The molecule has 162 valence electrons. The zero-order valence-corrected chi connectivity index (χ0v) is 18.6. The minimum Gasteiger partial charge on any atom is -0.341 e. The third kappa shape index (κ3) is 3.59. The maximum Gasteiger partial charge on any atom is 0.240 e. The Morgan fingerprint density at radius 2 is 1.59 bits per heavy atom. The lowest BCUT2D eigenvalue weighted by atomic mass is 10.1. The van der Waals surface area contributed by atoms with Gasteiger partial charge in [-0.15, -0.1) is 0 Å². The molecule has 3 aromatic carbocycles. The summed E-state index contributed by atoms with van der Waals surface area (Å²) in [6.07, 6.45) is 0.602. The van der Waals surface area contributed by atoms with Crippen LogP contribution in [-0.2, 0) is 17.1 Å². The van der Waals surface area contributed by atoms with E-state index in [0.29, 0.717) is 19.5 Å². The maximum atomic E-state index is 12.4. The second kappa shape index (κ2) is 8.26. The summed E-state index contributed by atoms with van der Waals surface area (Å²) in [6.45, 7) is 0.847. The zero-order chi connectivity index (χ0) is 22.1. The van der Waals surface area contributed by atoms with Crippen LogP contribution in [0.2, 0.25) is 0 Å². The minimum absolute atomic E-state index is 0.277. The summed E-state index contributed by atoms with van der Waals surface area (Å²) >= 11 is 0. The van der Waals surface area contributed by atoms with Gasteiger partial charge in [0.25, 0.3) is 0 Å². The molecule has 6 nitrogen and oxygen atoms in total. The lowest BCUT2D eigenvalue weighted by Gasteiger charge is -2.09. The van der Waals surface area contributed by atoms with E-state index in [-0.39, 0.29) is 4.90 Å². The van der Waals surface area contributed by atoms with Crippen LogP contribution in [0.3, 0.4) is 0 Å². The Morgan fingerprint density at radius 3 is 2.41 bits per heavy atom. The molecule has 0 aliphatic heterocycles. The van der Waals surface area contributed by atoms with E-state index >= 15 is 0 Å². The highest BCUT2D eigenvalue weighted by Crippen LogP contribution is 2.25. The quantitative estimate of drug-likeness (QED) is 0.387. The Morgan fingerprint density at radius 1 is 0.906 bits per heavy atom. The largest absolute Gasteiger partial charge is 0.341 e. The highest BCUT2D eigenvalue weighted by Gasteiger charge is 2.13. The second-order valence-electron chi connectivity index (χ2n) is 7.77. The van der Waals surface area contributed by atoms with Gasteiger partial charge in [0.1, 0.15) is 5.65 Å². The average molecular weight is 445 g/mol. The summed E-state index contributed by atoms with van der Waals surface area (Å²) in [5.41, 5.74) is 3.18. The zero-order valence-electron chi connectivity index (χ0n) is 17.7. The third-order valence-corrected chi connectivity index (χ3v) is 7.21. The van der Waals surface area contributed by atoms with E-state index in [1.807, 2.05) is 24.3 Å². The van der Waals surface area contributed by atoms with Crippen LogP contribution in [0.25, 0.3) is 32.8 Å². The van der Waals surface area contributed by atoms with Crippen LogP contribution < -0.4 is 10.1 Å². The summed E-state index contributed by atoms with van der Waals surface area (Å²) in [5.74, 6) is 0. The molecule has 5 rings (SSSR count). The molecule has 0 saturated heterocycles. The highest BCUT2D eigenvalue weighted by atomic mass is 32.2. The van der Waals surface area contributed by atoms with Crippen LogP contribution in [0.15, 0.2) is 88.8 Å². The number of nitrogens with one attached hydrogen (secondary N) is 2. The van der Waals surface area contributed by atoms with Crippen molar-refractivity contribution in [2.24, 2.45) is 12.0 Å². The molecule has 0 atom stereocenters. The van der Waals surface area contributed by atoms with E-state index in [2.05, 4.69) is 45.6 Å². The second-order valence-corrected chi connectivity index (χ2v) is 9.53. The first-order valence-corrected chi connectivity index (χ1v) is 12.1. The molecule has 2 N–H and O–H groups in total. The topological polar surface area (TPSA) is 79.2 Å². The van der Waals surface area contributed by atoms with Crippen molar-refractivity contribution in [3.05, 3.63) is 84.2 Å². The lowest BCUT2D eigenvalue weighted by molar-refractivity contribution is 0.579. The molecular formula is C25H24N4O2S. The number of nitrogens with zero attached hydrogens (tertiary/aromatic N) is 2. The van der Waals surface area contributed by atoms with E-state index < -0.39 is 10.0 Å². The number of fused-ring (bicyclic) bond motifs is 4. The predicted octanol–water partition coefficient (Wildman–Crippen LogP) is 4.08. The number of para-hydroxylation sites is 2. The molecular weight excluding hydrogens is 420 g/mol. The lowest BCUT2D eigenvalue weighted by Crippen LogP contribution is -2.25. The molecule has 7 heteroatoms. The molecule has 32 heavy (non-hydrogen) atoms. The van der Waals surface area contributed by atoms with Crippen molar-refractivity contribution in [3.63, 3.8) is 0 Å². The summed E-state index contributed by atoms with van der Waals surface area (Å²) < 4.78 is 29.7. The van der Waals surface area contributed by atoms with Crippen molar-refractivity contribution in [3.8, 4) is 0 Å². The van der Waals surface area contributed by atoms with E-state index in [4.69, 9.17) is 4.99 Å². The molecule has 0 spiro atoms. The maximum absolute atomic E-state index is 12.4. The number of H-pyrrole nitrogens is 1. The van der Waals surface area contributed by atoms with Gasteiger partial charge in [0.15, 0.2) is 0 Å².